The van der Waals surface area contributed by atoms with Crippen LogP contribution in [0, 0.1) is 13.8 Å². The average Bonchev–Trinajstić information content (AvgIpc) is 3.24. The lowest BCUT2D eigenvalue weighted by atomic mass is 9.59. The summed E-state index contributed by atoms with van der Waals surface area (Å²) in [5.74, 6) is -2.81. The molecule has 0 spiro atoms. The van der Waals surface area contributed by atoms with Gasteiger partial charge in [0.2, 0.25) is 5.54 Å². The predicted molar refractivity (Wildman–Crippen MR) is 141 cm³/mol. The third-order valence-electron chi connectivity index (χ3n) is 7.55. The van der Waals surface area contributed by atoms with Crippen LogP contribution in [-0.4, -0.2) is 36.7 Å². The number of hydrogen-bond acceptors (Lipinski definition) is 7. The van der Waals surface area contributed by atoms with Crippen LogP contribution >= 0.6 is 0 Å². The van der Waals surface area contributed by atoms with Gasteiger partial charge in [-0.2, -0.15) is 0 Å². The molecule has 5 rings (SSSR count). The lowest BCUT2D eigenvalue weighted by Crippen LogP contribution is -2.60. The summed E-state index contributed by atoms with van der Waals surface area (Å²) in [5.41, 5.74) is 0.252. The minimum absolute atomic E-state index is 0.0470. The molecule has 1 saturated heterocycles. The van der Waals surface area contributed by atoms with Crippen LogP contribution in [0.2, 0.25) is 0 Å². The van der Waals surface area contributed by atoms with Gasteiger partial charge >= 0.3 is 17.9 Å². The zero-order chi connectivity index (χ0) is 27.1. The largest absolute Gasteiger partial charge is 0.464 e. The van der Waals surface area contributed by atoms with E-state index >= 15 is 0 Å². The highest BCUT2D eigenvalue weighted by atomic mass is 16.6. The Labute approximate surface area is 222 Å². The Morgan fingerprint density at radius 2 is 1.50 bits per heavy atom. The molecule has 7 heteroatoms. The second-order valence-electron chi connectivity index (χ2n) is 9.84. The van der Waals surface area contributed by atoms with Crippen molar-refractivity contribution in [3.63, 3.8) is 0 Å². The van der Waals surface area contributed by atoms with Crippen LogP contribution in [0.3, 0.4) is 0 Å². The van der Waals surface area contributed by atoms with Crippen molar-refractivity contribution < 1.29 is 28.6 Å². The Kier molecular flexibility index (Phi) is 6.57. The van der Waals surface area contributed by atoms with Crippen LogP contribution in [0.25, 0.3) is 0 Å². The number of esters is 3. The molecule has 0 unspecified atom stereocenters. The first-order chi connectivity index (χ1) is 18.3. The van der Waals surface area contributed by atoms with Gasteiger partial charge in [-0.1, -0.05) is 77.9 Å². The van der Waals surface area contributed by atoms with Gasteiger partial charge in [-0.3, -0.25) is 10.1 Å². The number of ether oxygens (including phenoxy) is 3. The first-order valence-electron chi connectivity index (χ1n) is 12.9. The quantitative estimate of drug-likeness (QED) is 0.296. The molecule has 0 saturated carbocycles. The van der Waals surface area contributed by atoms with Gasteiger partial charge in [0.15, 0.2) is 0 Å². The number of rotatable bonds is 6. The molecule has 0 aliphatic carbocycles. The minimum Gasteiger partial charge on any atom is -0.464 e. The van der Waals surface area contributed by atoms with E-state index in [2.05, 4.69) is 5.32 Å². The molecule has 2 heterocycles. The summed E-state index contributed by atoms with van der Waals surface area (Å²) in [4.78, 5) is 42.5. The highest BCUT2D eigenvalue weighted by Crippen LogP contribution is 2.62. The molecule has 2 aliphatic heterocycles. The number of benzene rings is 3. The second-order valence-corrected chi connectivity index (χ2v) is 9.84. The van der Waals surface area contributed by atoms with Crippen molar-refractivity contribution in [1.82, 2.24) is 5.32 Å². The van der Waals surface area contributed by atoms with Crippen molar-refractivity contribution in [2.45, 2.75) is 50.6 Å². The second kappa shape index (κ2) is 9.72. The van der Waals surface area contributed by atoms with Crippen molar-refractivity contribution in [3.8, 4) is 5.75 Å². The summed E-state index contributed by atoms with van der Waals surface area (Å²) in [5, 5.41) is 3.34. The lowest BCUT2D eigenvalue weighted by molar-refractivity contribution is -0.166. The Balaban J connectivity index is 1.94. The molecule has 3 aromatic rings. The van der Waals surface area contributed by atoms with Crippen LogP contribution in [0.15, 0.2) is 72.8 Å². The molecule has 1 fully saturated rings. The first-order valence-corrected chi connectivity index (χ1v) is 12.9. The van der Waals surface area contributed by atoms with Gasteiger partial charge in [-0.05, 0) is 44.9 Å². The van der Waals surface area contributed by atoms with Crippen molar-refractivity contribution in [1.29, 1.82) is 0 Å². The molecule has 38 heavy (non-hydrogen) atoms. The zero-order valence-corrected chi connectivity index (χ0v) is 21.9. The highest BCUT2D eigenvalue weighted by Gasteiger charge is 2.76. The van der Waals surface area contributed by atoms with Crippen LogP contribution in [0.4, 0.5) is 0 Å². The molecule has 196 valence electrons. The van der Waals surface area contributed by atoms with Crippen LogP contribution in [0.5, 0.6) is 5.75 Å². The van der Waals surface area contributed by atoms with Gasteiger partial charge < -0.3 is 14.2 Å². The van der Waals surface area contributed by atoms with Crippen LogP contribution < -0.4 is 10.1 Å². The number of fused-ring (bicyclic) bond motifs is 3. The number of aryl methyl sites for hydroxylation is 2. The van der Waals surface area contributed by atoms with Crippen molar-refractivity contribution in [3.05, 3.63) is 101 Å². The fraction of sp³-hybridized carbons (Fsp3) is 0.323. The molecule has 0 bridgehead atoms. The number of carbonyl (C=O) groups excluding carboxylic acids is 3. The van der Waals surface area contributed by atoms with Crippen LogP contribution in [0.1, 0.15) is 53.6 Å². The molecule has 0 radical (unpaired) electrons. The van der Waals surface area contributed by atoms with E-state index in [9.17, 15) is 14.4 Å². The minimum atomic E-state index is -2.02. The average molecular weight is 514 g/mol. The topological polar surface area (TPSA) is 90.9 Å². The first kappa shape index (κ1) is 25.7. The molecule has 3 aromatic carbocycles. The van der Waals surface area contributed by atoms with Crippen molar-refractivity contribution >= 4 is 17.9 Å². The number of para-hydroxylation sites is 1. The fourth-order valence-electron chi connectivity index (χ4n) is 6.13. The van der Waals surface area contributed by atoms with E-state index in [1.165, 1.54) is 0 Å². The molecule has 2 aliphatic rings. The molecule has 0 amide bonds. The third kappa shape index (κ3) is 3.64. The fourth-order valence-corrected chi connectivity index (χ4v) is 6.13. The third-order valence-corrected chi connectivity index (χ3v) is 7.55. The Hall–Kier alpha value is -3.97. The Bertz CT molecular complexity index is 1400. The molecule has 3 atom stereocenters. The number of nitrogens with one attached hydrogen (secondary N) is 1. The van der Waals surface area contributed by atoms with Gasteiger partial charge in [0.1, 0.15) is 11.2 Å². The highest BCUT2D eigenvalue weighted by molar-refractivity contribution is 6.10. The lowest BCUT2D eigenvalue weighted by Gasteiger charge is -2.42. The van der Waals surface area contributed by atoms with E-state index in [1.807, 2.05) is 74.5 Å². The van der Waals surface area contributed by atoms with E-state index in [-0.39, 0.29) is 13.2 Å². The summed E-state index contributed by atoms with van der Waals surface area (Å²) < 4.78 is 17.1. The molecule has 1 N–H and O–H groups in total. The maximum Gasteiger partial charge on any atom is 0.338 e. The summed E-state index contributed by atoms with van der Waals surface area (Å²) in [7, 11) is 0. The summed E-state index contributed by atoms with van der Waals surface area (Å²) in [6.45, 7) is 7.32. The van der Waals surface area contributed by atoms with E-state index < -0.39 is 40.8 Å². The molecule has 0 aromatic heterocycles. The van der Waals surface area contributed by atoms with Crippen LogP contribution in [-0.2, 0) is 29.3 Å². The van der Waals surface area contributed by atoms with E-state index in [0.29, 0.717) is 22.4 Å². The van der Waals surface area contributed by atoms with Gasteiger partial charge in [0.25, 0.3) is 0 Å². The van der Waals surface area contributed by atoms with Gasteiger partial charge in [0, 0.05) is 11.5 Å². The standard InChI is InChI=1S/C31H31NO6/c1-5-36-28(34)31(29(35)37-6-2)25(21-13-9-11-19(3)17-21)30(22-14-10-12-20(4)18-22)26(32-31)23-15-7-8-16-24(23)38-27(30)33/h7-18,25-26,32H,5-6H2,1-4H3/t25-,26-,30-/m1/s1. The Morgan fingerprint density at radius 3 is 2.13 bits per heavy atom. The summed E-state index contributed by atoms with van der Waals surface area (Å²) in [6, 6.07) is 21.5. The molecule has 7 nitrogen and oxygen atoms in total. The summed E-state index contributed by atoms with van der Waals surface area (Å²) >= 11 is 0. The SMILES string of the molecule is CCOC(=O)C1(C(=O)OCC)N[C@@H]2c3ccccc3OC(=O)[C@]2(c2cccc(C)c2)[C@H]1c1cccc(C)c1. The number of carbonyl (C=O) groups is 3. The van der Waals surface area contributed by atoms with E-state index in [1.54, 1.807) is 26.0 Å². The maximum atomic E-state index is 14.4. The van der Waals surface area contributed by atoms with Crippen molar-refractivity contribution in [2.75, 3.05) is 13.2 Å². The monoisotopic (exact) mass is 513 g/mol. The van der Waals surface area contributed by atoms with Gasteiger partial charge in [0.05, 0.1) is 19.3 Å². The maximum absolute atomic E-state index is 14.4. The van der Waals surface area contributed by atoms with Gasteiger partial charge in [-0.25, -0.2) is 9.59 Å². The van der Waals surface area contributed by atoms with E-state index in [4.69, 9.17) is 14.2 Å². The smallest absolute Gasteiger partial charge is 0.338 e. The summed E-state index contributed by atoms with van der Waals surface area (Å²) in [6.07, 6.45) is 0. The van der Waals surface area contributed by atoms with E-state index in [0.717, 1.165) is 11.1 Å². The zero-order valence-electron chi connectivity index (χ0n) is 21.9. The van der Waals surface area contributed by atoms with Gasteiger partial charge in [-0.15, -0.1) is 0 Å². The Morgan fingerprint density at radius 1 is 0.868 bits per heavy atom. The molecular weight excluding hydrogens is 482 g/mol. The predicted octanol–water partition coefficient (Wildman–Crippen LogP) is 4.45. The van der Waals surface area contributed by atoms with Crippen molar-refractivity contribution in [2.24, 2.45) is 0 Å². The molecular formula is C31H31NO6. The number of hydrogen-bond donors (Lipinski definition) is 1. The normalized spacial score (nSPS) is 23.1.